The topological polar surface area (TPSA) is 116 Å². The van der Waals surface area contributed by atoms with E-state index >= 15 is 0 Å². The molecule has 2 aromatic carbocycles. The minimum absolute atomic E-state index is 0.0752. The lowest BCUT2D eigenvalue weighted by Gasteiger charge is -2.35. The fraction of sp³-hybridized carbons (Fsp3) is 0.500. The van der Waals surface area contributed by atoms with Gasteiger partial charge in [-0.1, -0.05) is 0 Å². The number of hydrogen-bond acceptors (Lipinski definition) is 10. The molecule has 0 bridgehead atoms. The Morgan fingerprint density at radius 1 is 0.872 bits per heavy atom. The van der Waals surface area contributed by atoms with Crippen LogP contribution in [0.5, 0.6) is 34.5 Å². The Labute approximate surface area is 226 Å². The standard InChI is InChI=1S/C26H31N3O9S/c1-27-5-4-17-18(14-27)21(34-3)23-24(38-15-37-23)25(17)39(31,32)29-8-6-28(7-9-29)26(30)16-12-19(33-2)22-20(13-16)35-10-11-36-22/h12-13H,4-11,14-15H2,1-3H3. The average Bonchev–Trinajstić information content (AvgIpc) is 3.43. The first-order valence-corrected chi connectivity index (χ1v) is 14.2. The molecule has 210 valence electrons. The van der Waals surface area contributed by atoms with Crippen LogP contribution >= 0.6 is 0 Å². The monoisotopic (exact) mass is 561 g/mol. The molecule has 1 fully saturated rings. The van der Waals surface area contributed by atoms with E-state index in [-0.39, 0.29) is 49.5 Å². The maximum atomic E-state index is 14.1. The number of rotatable bonds is 5. The van der Waals surface area contributed by atoms with E-state index in [2.05, 4.69) is 4.90 Å². The van der Waals surface area contributed by atoms with E-state index in [9.17, 15) is 13.2 Å². The maximum absolute atomic E-state index is 14.1. The fourth-order valence-corrected chi connectivity index (χ4v) is 7.40. The summed E-state index contributed by atoms with van der Waals surface area (Å²) in [6.07, 6.45) is 0.539. The van der Waals surface area contributed by atoms with Crippen molar-refractivity contribution in [2.24, 2.45) is 0 Å². The van der Waals surface area contributed by atoms with E-state index in [1.807, 2.05) is 7.05 Å². The molecule has 13 heteroatoms. The highest BCUT2D eigenvalue weighted by molar-refractivity contribution is 7.89. The molecule has 6 rings (SSSR count). The number of hydrogen-bond donors (Lipinski definition) is 0. The predicted molar refractivity (Wildman–Crippen MR) is 138 cm³/mol. The molecule has 0 saturated carbocycles. The van der Waals surface area contributed by atoms with Gasteiger partial charge in [0.2, 0.25) is 28.3 Å². The number of methoxy groups -OCH3 is 2. The number of benzene rings is 2. The van der Waals surface area contributed by atoms with Gasteiger partial charge in [-0.25, -0.2) is 8.42 Å². The van der Waals surface area contributed by atoms with Crippen LogP contribution in [0.15, 0.2) is 17.0 Å². The number of likely N-dealkylation sites (N-methyl/N-ethyl adjacent to an activating group) is 1. The van der Waals surface area contributed by atoms with Gasteiger partial charge in [0.05, 0.1) is 14.2 Å². The molecule has 0 atom stereocenters. The van der Waals surface area contributed by atoms with Crippen LogP contribution in [0.1, 0.15) is 21.5 Å². The minimum atomic E-state index is -3.95. The summed E-state index contributed by atoms with van der Waals surface area (Å²) < 4.78 is 63.3. The molecule has 2 aromatic rings. The van der Waals surface area contributed by atoms with Gasteiger partial charge in [0.15, 0.2) is 23.0 Å². The Balaban J connectivity index is 1.26. The molecule has 1 amide bonds. The number of piperazine rings is 1. The summed E-state index contributed by atoms with van der Waals surface area (Å²) >= 11 is 0. The first-order chi connectivity index (χ1) is 18.8. The first-order valence-electron chi connectivity index (χ1n) is 12.8. The van der Waals surface area contributed by atoms with Crippen LogP contribution in [-0.4, -0.2) is 102 Å². The Kier molecular flexibility index (Phi) is 6.60. The Bertz CT molecular complexity index is 1400. The summed E-state index contributed by atoms with van der Waals surface area (Å²) in [4.78, 5) is 17.3. The van der Waals surface area contributed by atoms with Gasteiger partial charge in [-0.05, 0) is 31.2 Å². The van der Waals surface area contributed by atoms with Crippen LogP contribution in [0.4, 0.5) is 0 Å². The lowest BCUT2D eigenvalue weighted by atomic mass is 9.97. The van der Waals surface area contributed by atoms with Crippen molar-refractivity contribution in [2.45, 2.75) is 17.9 Å². The summed E-state index contributed by atoms with van der Waals surface area (Å²) in [7, 11) is 1.09. The number of carbonyl (C=O) groups is 1. The van der Waals surface area contributed by atoms with Crippen molar-refractivity contribution in [1.29, 1.82) is 0 Å². The molecule has 0 N–H and O–H groups in total. The summed E-state index contributed by atoms with van der Waals surface area (Å²) in [5, 5.41) is 0. The van der Waals surface area contributed by atoms with Gasteiger partial charge in [-0.3, -0.25) is 4.79 Å². The largest absolute Gasteiger partial charge is 0.493 e. The van der Waals surface area contributed by atoms with E-state index in [0.29, 0.717) is 72.6 Å². The van der Waals surface area contributed by atoms with Gasteiger partial charge >= 0.3 is 0 Å². The number of ether oxygens (including phenoxy) is 6. The Morgan fingerprint density at radius 3 is 2.36 bits per heavy atom. The van der Waals surface area contributed by atoms with Crippen molar-refractivity contribution in [3.05, 3.63) is 28.8 Å². The van der Waals surface area contributed by atoms with Crippen LogP contribution in [0.25, 0.3) is 0 Å². The normalized spacial score (nSPS) is 19.0. The SMILES string of the molecule is COc1cc(C(=O)N2CCN(S(=O)(=O)c3c4c(c(OC)c5c3OCO5)CN(C)CC4)CC2)cc2c1OCCO2. The fourth-order valence-electron chi connectivity index (χ4n) is 5.58. The molecule has 0 spiro atoms. The highest BCUT2D eigenvalue weighted by Gasteiger charge is 2.41. The van der Waals surface area contributed by atoms with Crippen molar-refractivity contribution >= 4 is 15.9 Å². The van der Waals surface area contributed by atoms with Gasteiger partial charge in [-0.2, -0.15) is 4.31 Å². The summed E-state index contributed by atoms with van der Waals surface area (Å²) in [5.74, 6) is 2.17. The quantitative estimate of drug-likeness (QED) is 0.530. The molecule has 12 nitrogen and oxygen atoms in total. The van der Waals surface area contributed by atoms with Gasteiger partial charge < -0.3 is 38.2 Å². The highest BCUT2D eigenvalue weighted by Crippen LogP contribution is 2.52. The van der Waals surface area contributed by atoms with Crippen LogP contribution in [-0.2, 0) is 23.0 Å². The van der Waals surface area contributed by atoms with Gasteiger partial charge in [0.1, 0.15) is 18.1 Å². The van der Waals surface area contributed by atoms with Crippen LogP contribution in [0.3, 0.4) is 0 Å². The van der Waals surface area contributed by atoms with E-state index in [1.165, 1.54) is 11.4 Å². The van der Waals surface area contributed by atoms with E-state index in [1.54, 1.807) is 24.1 Å². The van der Waals surface area contributed by atoms with Crippen LogP contribution in [0, 0.1) is 0 Å². The zero-order valence-corrected chi connectivity index (χ0v) is 23.0. The predicted octanol–water partition coefficient (Wildman–Crippen LogP) is 1.34. The highest BCUT2D eigenvalue weighted by atomic mass is 32.2. The van der Waals surface area contributed by atoms with Gasteiger partial charge in [-0.15, -0.1) is 0 Å². The Morgan fingerprint density at radius 2 is 1.62 bits per heavy atom. The van der Waals surface area contributed by atoms with Gasteiger partial charge in [0.25, 0.3) is 5.91 Å². The average molecular weight is 562 g/mol. The first kappa shape index (κ1) is 25.8. The smallest absolute Gasteiger partial charge is 0.254 e. The minimum Gasteiger partial charge on any atom is -0.493 e. The molecular weight excluding hydrogens is 530 g/mol. The number of carbonyl (C=O) groups excluding carboxylic acids is 1. The van der Waals surface area contributed by atoms with Gasteiger partial charge in [0, 0.05) is 50.4 Å². The maximum Gasteiger partial charge on any atom is 0.254 e. The molecule has 0 aromatic heterocycles. The molecule has 4 heterocycles. The summed E-state index contributed by atoms with van der Waals surface area (Å²) in [6.45, 7) is 2.71. The number of amides is 1. The third-order valence-electron chi connectivity index (χ3n) is 7.51. The molecule has 0 unspecified atom stereocenters. The second-order valence-corrected chi connectivity index (χ2v) is 11.6. The number of nitrogens with zero attached hydrogens (tertiary/aromatic N) is 3. The second kappa shape index (κ2) is 9.96. The van der Waals surface area contributed by atoms with E-state index in [0.717, 1.165) is 5.56 Å². The number of fused-ring (bicyclic) bond motifs is 3. The summed E-state index contributed by atoms with van der Waals surface area (Å²) in [5.41, 5.74) is 1.90. The van der Waals surface area contributed by atoms with Crippen molar-refractivity contribution in [1.82, 2.24) is 14.1 Å². The van der Waals surface area contributed by atoms with Crippen molar-refractivity contribution < 1.29 is 41.6 Å². The van der Waals surface area contributed by atoms with Crippen molar-refractivity contribution in [3.63, 3.8) is 0 Å². The van der Waals surface area contributed by atoms with Crippen molar-refractivity contribution in [2.75, 3.05) is 74.0 Å². The van der Waals surface area contributed by atoms with Crippen LogP contribution < -0.4 is 28.4 Å². The molecule has 0 aliphatic carbocycles. The van der Waals surface area contributed by atoms with Crippen molar-refractivity contribution in [3.8, 4) is 34.5 Å². The Hall–Kier alpha value is -3.42. The summed E-state index contributed by atoms with van der Waals surface area (Å²) in [6, 6.07) is 3.27. The molecule has 39 heavy (non-hydrogen) atoms. The molecule has 1 saturated heterocycles. The lowest BCUT2D eigenvalue weighted by Crippen LogP contribution is -2.50. The van der Waals surface area contributed by atoms with E-state index in [4.69, 9.17) is 28.4 Å². The zero-order valence-electron chi connectivity index (χ0n) is 22.1. The van der Waals surface area contributed by atoms with Crippen LogP contribution in [0.2, 0.25) is 0 Å². The molecular formula is C26H31N3O9S. The third-order valence-corrected chi connectivity index (χ3v) is 9.50. The number of sulfonamides is 1. The zero-order chi connectivity index (χ0) is 27.3. The lowest BCUT2D eigenvalue weighted by molar-refractivity contribution is 0.0696. The second-order valence-electron chi connectivity index (χ2n) is 9.77. The molecule has 0 radical (unpaired) electrons. The molecule has 4 aliphatic rings. The third kappa shape index (κ3) is 4.28. The molecule has 4 aliphatic heterocycles. The van der Waals surface area contributed by atoms with E-state index < -0.39 is 10.0 Å².